The van der Waals surface area contributed by atoms with Crippen LogP contribution in [0.5, 0.6) is 0 Å². The van der Waals surface area contributed by atoms with Gasteiger partial charge in [0.2, 0.25) is 0 Å². The van der Waals surface area contributed by atoms with Crippen molar-refractivity contribution < 1.29 is 9.53 Å². The Morgan fingerprint density at radius 1 is 1.19 bits per heavy atom. The molecule has 3 heteroatoms. The van der Waals surface area contributed by atoms with E-state index in [2.05, 4.69) is 10.1 Å². The van der Waals surface area contributed by atoms with Gasteiger partial charge in [0, 0.05) is 6.04 Å². The van der Waals surface area contributed by atoms with Gasteiger partial charge in [0.05, 0.1) is 13.7 Å². The lowest BCUT2D eigenvalue weighted by Crippen LogP contribution is -2.45. The number of esters is 1. The number of ether oxygens (including phenoxy) is 1. The third kappa shape index (κ3) is 2.76. The zero-order valence-corrected chi connectivity index (χ0v) is 10.2. The zero-order chi connectivity index (χ0) is 11.4. The second kappa shape index (κ2) is 5.67. The first-order chi connectivity index (χ1) is 7.81. The molecule has 2 aliphatic carbocycles. The lowest BCUT2D eigenvalue weighted by Gasteiger charge is -2.41. The lowest BCUT2D eigenvalue weighted by atomic mass is 9.68. The molecule has 3 nitrogen and oxygen atoms in total. The van der Waals surface area contributed by atoms with Gasteiger partial charge in [-0.2, -0.15) is 0 Å². The van der Waals surface area contributed by atoms with Crippen molar-refractivity contribution in [1.29, 1.82) is 0 Å². The van der Waals surface area contributed by atoms with Crippen LogP contribution in [0.4, 0.5) is 0 Å². The molecule has 1 N–H and O–H groups in total. The molecule has 0 aromatic heterocycles. The molecule has 0 heterocycles. The zero-order valence-electron chi connectivity index (χ0n) is 10.2. The molecule has 0 spiro atoms. The van der Waals surface area contributed by atoms with Gasteiger partial charge >= 0.3 is 5.97 Å². The Labute approximate surface area is 97.9 Å². The van der Waals surface area contributed by atoms with Crippen LogP contribution in [0.2, 0.25) is 0 Å². The third-order valence-corrected chi connectivity index (χ3v) is 4.31. The maximum atomic E-state index is 11.1. The largest absolute Gasteiger partial charge is 0.468 e. The highest BCUT2D eigenvalue weighted by molar-refractivity contribution is 5.71. The molecule has 0 amide bonds. The van der Waals surface area contributed by atoms with Gasteiger partial charge in [-0.25, -0.2) is 0 Å². The number of carbonyl (C=O) groups is 1. The quantitative estimate of drug-likeness (QED) is 0.748. The molecule has 0 aliphatic heterocycles. The first-order valence-corrected chi connectivity index (χ1v) is 6.61. The smallest absolute Gasteiger partial charge is 0.319 e. The van der Waals surface area contributed by atoms with Gasteiger partial charge < -0.3 is 10.1 Å². The Morgan fingerprint density at radius 2 is 1.94 bits per heavy atom. The van der Waals surface area contributed by atoms with Crippen molar-refractivity contribution in [1.82, 2.24) is 5.32 Å². The van der Waals surface area contributed by atoms with E-state index in [4.69, 9.17) is 0 Å². The van der Waals surface area contributed by atoms with E-state index in [0.29, 0.717) is 12.6 Å². The van der Waals surface area contributed by atoms with Crippen LogP contribution >= 0.6 is 0 Å². The molecule has 3 atom stereocenters. The topological polar surface area (TPSA) is 38.3 Å². The fourth-order valence-electron chi connectivity index (χ4n) is 3.48. The summed E-state index contributed by atoms with van der Waals surface area (Å²) < 4.78 is 4.68. The highest BCUT2D eigenvalue weighted by Crippen LogP contribution is 2.40. The van der Waals surface area contributed by atoms with Crippen molar-refractivity contribution in [3.8, 4) is 0 Å². The van der Waals surface area contributed by atoms with Crippen LogP contribution in [0, 0.1) is 11.8 Å². The van der Waals surface area contributed by atoms with Crippen molar-refractivity contribution in [3.05, 3.63) is 0 Å². The van der Waals surface area contributed by atoms with Crippen LogP contribution in [0.3, 0.4) is 0 Å². The number of methoxy groups -OCH3 is 1. The van der Waals surface area contributed by atoms with Crippen molar-refractivity contribution in [2.24, 2.45) is 11.8 Å². The van der Waals surface area contributed by atoms with Gasteiger partial charge in [-0.15, -0.1) is 0 Å². The van der Waals surface area contributed by atoms with Gasteiger partial charge in [0.25, 0.3) is 0 Å². The predicted molar refractivity (Wildman–Crippen MR) is 63.1 cm³/mol. The van der Waals surface area contributed by atoms with Crippen molar-refractivity contribution in [2.75, 3.05) is 13.7 Å². The Bertz CT molecular complexity index is 240. The van der Waals surface area contributed by atoms with Crippen LogP contribution in [-0.2, 0) is 9.53 Å². The maximum absolute atomic E-state index is 11.1. The number of hydrogen-bond acceptors (Lipinski definition) is 3. The highest BCUT2D eigenvalue weighted by atomic mass is 16.5. The third-order valence-electron chi connectivity index (χ3n) is 4.31. The lowest BCUT2D eigenvalue weighted by molar-refractivity contribution is -0.139. The molecule has 0 radical (unpaired) electrons. The Morgan fingerprint density at radius 3 is 2.75 bits per heavy atom. The van der Waals surface area contributed by atoms with Crippen LogP contribution in [0.15, 0.2) is 0 Å². The van der Waals surface area contributed by atoms with Crippen molar-refractivity contribution >= 4 is 5.97 Å². The fourth-order valence-corrected chi connectivity index (χ4v) is 3.48. The second-order valence-corrected chi connectivity index (χ2v) is 5.20. The standard InChI is InChI=1S/C13H23NO2/c1-16-13(15)9-14-12-8-4-6-10-5-2-3-7-11(10)12/h10-12,14H,2-9H2,1H3/t10-,11-,12-/m1/s1. The van der Waals surface area contributed by atoms with Gasteiger partial charge in [0.1, 0.15) is 0 Å². The van der Waals surface area contributed by atoms with Gasteiger partial charge in [0.15, 0.2) is 0 Å². The number of carbonyl (C=O) groups excluding carboxylic acids is 1. The maximum Gasteiger partial charge on any atom is 0.319 e. The number of fused-ring (bicyclic) bond motifs is 1. The van der Waals surface area contributed by atoms with Crippen molar-refractivity contribution in [2.45, 2.75) is 51.0 Å². The summed E-state index contributed by atoms with van der Waals surface area (Å²) in [6.45, 7) is 0.379. The predicted octanol–water partition coefficient (Wildman–Crippen LogP) is 2.11. The summed E-state index contributed by atoms with van der Waals surface area (Å²) in [6, 6.07) is 0.554. The Kier molecular flexibility index (Phi) is 4.22. The van der Waals surface area contributed by atoms with E-state index in [0.717, 1.165) is 11.8 Å². The van der Waals surface area contributed by atoms with Crippen LogP contribution in [0.25, 0.3) is 0 Å². The first kappa shape index (κ1) is 11.9. The average molecular weight is 225 g/mol. The summed E-state index contributed by atoms with van der Waals surface area (Å²) in [5.74, 6) is 1.59. The summed E-state index contributed by atoms with van der Waals surface area (Å²) in [7, 11) is 1.45. The molecule has 92 valence electrons. The van der Waals surface area contributed by atoms with E-state index >= 15 is 0 Å². The summed E-state index contributed by atoms with van der Waals surface area (Å²) in [5.41, 5.74) is 0. The minimum absolute atomic E-state index is 0.141. The van der Waals surface area contributed by atoms with Gasteiger partial charge in [-0.3, -0.25) is 4.79 Å². The van der Waals surface area contributed by atoms with Crippen LogP contribution < -0.4 is 5.32 Å². The highest BCUT2D eigenvalue weighted by Gasteiger charge is 2.34. The van der Waals surface area contributed by atoms with E-state index in [1.165, 1.54) is 52.1 Å². The van der Waals surface area contributed by atoms with E-state index in [9.17, 15) is 4.79 Å². The molecule has 0 bridgehead atoms. The molecule has 2 fully saturated rings. The minimum atomic E-state index is -0.141. The Hall–Kier alpha value is -0.570. The Balaban J connectivity index is 1.85. The molecule has 0 saturated heterocycles. The van der Waals surface area contributed by atoms with Gasteiger partial charge in [-0.1, -0.05) is 32.1 Å². The number of hydrogen-bond donors (Lipinski definition) is 1. The molecule has 0 unspecified atom stereocenters. The second-order valence-electron chi connectivity index (χ2n) is 5.20. The summed E-state index contributed by atoms with van der Waals surface area (Å²) in [6.07, 6.45) is 9.49. The van der Waals surface area contributed by atoms with E-state index in [-0.39, 0.29) is 5.97 Å². The molecule has 2 saturated carbocycles. The SMILES string of the molecule is COC(=O)CN[C@@H]1CCC[C@H]2CCCC[C@H]21. The first-order valence-electron chi connectivity index (χ1n) is 6.61. The van der Waals surface area contributed by atoms with E-state index in [1.807, 2.05) is 0 Å². The van der Waals surface area contributed by atoms with E-state index in [1.54, 1.807) is 0 Å². The molecule has 0 aromatic carbocycles. The van der Waals surface area contributed by atoms with Crippen molar-refractivity contribution in [3.63, 3.8) is 0 Å². The minimum Gasteiger partial charge on any atom is -0.468 e. The van der Waals surface area contributed by atoms with Crippen LogP contribution in [-0.4, -0.2) is 25.7 Å². The molecule has 0 aromatic rings. The molecule has 2 aliphatic rings. The van der Waals surface area contributed by atoms with Crippen LogP contribution in [0.1, 0.15) is 44.9 Å². The monoisotopic (exact) mass is 225 g/mol. The average Bonchev–Trinajstić information content (AvgIpc) is 2.35. The number of nitrogens with one attached hydrogen (secondary N) is 1. The summed E-state index contributed by atoms with van der Waals surface area (Å²) in [5, 5.41) is 3.40. The molecule has 2 rings (SSSR count). The normalized spacial score (nSPS) is 34.2. The number of rotatable bonds is 3. The molecular weight excluding hydrogens is 202 g/mol. The molecular formula is C13H23NO2. The summed E-state index contributed by atoms with van der Waals surface area (Å²) >= 11 is 0. The summed E-state index contributed by atoms with van der Waals surface area (Å²) in [4.78, 5) is 11.1. The molecule has 16 heavy (non-hydrogen) atoms. The fraction of sp³-hybridized carbons (Fsp3) is 0.923. The van der Waals surface area contributed by atoms with E-state index < -0.39 is 0 Å². The van der Waals surface area contributed by atoms with Gasteiger partial charge in [-0.05, 0) is 24.7 Å².